The zero-order chi connectivity index (χ0) is 29.5. The molecule has 0 radical (unpaired) electrons. The Kier molecular flexibility index (Phi) is 7.43. The van der Waals surface area contributed by atoms with E-state index in [9.17, 15) is 0 Å². The number of benzene rings is 5. The summed E-state index contributed by atoms with van der Waals surface area (Å²) in [5, 5.41) is 5.55. The van der Waals surface area contributed by atoms with Crippen molar-refractivity contribution in [1.29, 1.82) is 0 Å². The molecule has 0 saturated carbocycles. The molecule has 1 heteroatoms. The third-order valence-electron chi connectivity index (χ3n) is 9.80. The Balaban J connectivity index is 1.22. The van der Waals surface area contributed by atoms with Crippen molar-refractivity contribution in [2.45, 2.75) is 59.4 Å². The summed E-state index contributed by atoms with van der Waals surface area (Å²) in [7, 11) is 0. The van der Waals surface area contributed by atoms with Crippen molar-refractivity contribution in [2.75, 3.05) is 11.4 Å². The Hall–Kier alpha value is -4.10. The summed E-state index contributed by atoms with van der Waals surface area (Å²) in [6.07, 6.45) is 8.30. The topological polar surface area (TPSA) is 3.24 Å². The van der Waals surface area contributed by atoms with Gasteiger partial charge in [0.15, 0.2) is 0 Å². The summed E-state index contributed by atoms with van der Waals surface area (Å²) in [6.45, 7) is 11.2. The molecule has 0 saturated heterocycles. The van der Waals surface area contributed by atoms with Crippen LogP contribution in [0.4, 0.5) is 5.69 Å². The number of hydrogen-bond donors (Lipinski definition) is 0. The maximum absolute atomic E-state index is 2.57. The predicted octanol–water partition coefficient (Wildman–Crippen LogP) is 11.2. The van der Waals surface area contributed by atoms with E-state index in [-0.39, 0.29) is 0 Å². The van der Waals surface area contributed by atoms with Crippen LogP contribution < -0.4 is 4.90 Å². The summed E-state index contributed by atoms with van der Waals surface area (Å²) in [5.41, 5.74) is 11.4. The van der Waals surface area contributed by atoms with E-state index in [1.54, 1.807) is 0 Å². The first kappa shape index (κ1) is 27.7. The van der Waals surface area contributed by atoms with Crippen molar-refractivity contribution in [3.63, 3.8) is 0 Å². The highest BCUT2D eigenvalue weighted by Crippen LogP contribution is 2.41. The van der Waals surface area contributed by atoms with Gasteiger partial charge in [-0.2, -0.15) is 0 Å². The number of rotatable bonds is 6. The minimum absolute atomic E-state index is 0.490. The Morgan fingerprint density at radius 1 is 0.698 bits per heavy atom. The Morgan fingerprint density at radius 3 is 2.14 bits per heavy atom. The van der Waals surface area contributed by atoms with E-state index in [0.29, 0.717) is 17.8 Å². The van der Waals surface area contributed by atoms with E-state index in [4.69, 9.17) is 0 Å². The summed E-state index contributed by atoms with van der Waals surface area (Å²) in [4.78, 5) is 2.57. The van der Waals surface area contributed by atoms with Crippen LogP contribution in [0.2, 0.25) is 0 Å². The van der Waals surface area contributed by atoms with Gasteiger partial charge in [-0.05, 0) is 98.2 Å². The van der Waals surface area contributed by atoms with E-state index >= 15 is 0 Å². The molecule has 5 aromatic rings. The maximum atomic E-state index is 2.57. The summed E-state index contributed by atoms with van der Waals surface area (Å²) in [5.74, 6) is 1.72. The molecular formula is C42H43N. The third kappa shape index (κ3) is 5.20. The van der Waals surface area contributed by atoms with Gasteiger partial charge in [0.1, 0.15) is 0 Å². The predicted molar refractivity (Wildman–Crippen MR) is 187 cm³/mol. The quantitative estimate of drug-likeness (QED) is 0.199. The second-order valence-electron chi connectivity index (χ2n) is 13.3. The SMILES string of the molecule is CC(C)C1=CCN(Cc2cccc(C/C3=C/CCC(C(C)C)c4cccc5cccc3c45)c2)c2cccc3cccc1c23. The second-order valence-corrected chi connectivity index (χ2v) is 13.3. The van der Waals surface area contributed by atoms with Gasteiger partial charge in [-0.15, -0.1) is 0 Å². The average molecular weight is 562 g/mol. The third-order valence-corrected chi connectivity index (χ3v) is 9.80. The zero-order valence-electron chi connectivity index (χ0n) is 26.1. The van der Waals surface area contributed by atoms with E-state index in [1.807, 2.05) is 0 Å². The van der Waals surface area contributed by atoms with Crippen LogP contribution in [0.3, 0.4) is 0 Å². The maximum Gasteiger partial charge on any atom is 0.0457 e. The van der Waals surface area contributed by atoms with Crippen molar-refractivity contribution < 1.29 is 0 Å². The van der Waals surface area contributed by atoms with Gasteiger partial charge in [-0.25, -0.2) is 0 Å². The van der Waals surface area contributed by atoms with Gasteiger partial charge >= 0.3 is 0 Å². The monoisotopic (exact) mass is 561 g/mol. The number of hydrogen-bond acceptors (Lipinski definition) is 1. The summed E-state index contributed by atoms with van der Waals surface area (Å²) >= 11 is 0. The molecule has 5 aromatic carbocycles. The van der Waals surface area contributed by atoms with Gasteiger partial charge in [0, 0.05) is 24.2 Å². The van der Waals surface area contributed by atoms with Crippen molar-refractivity contribution >= 4 is 38.4 Å². The fourth-order valence-electron chi connectivity index (χ4n) is 7.73. The molecule has 0 amide bonds. The molecule has 43 heavy (non-hydrogen) atoms. The standard InChI is InChI=1S/C42H43N/c1-28(2)35-18-9-17-34(37-19-6-13-32-14-7-20-38(35)41(32)37)26-30-11-5-12-31(25-30)27-43-24-23-36(29(3)4)39-21-8-15-33-16-10-22-40(43)42(33)39/h5-8,10-17,19-23,25,28-29,35H,9,18,24,26-27H2,1-4H3/b34-17-. The molecule has 2 aliphatic rings. The molecule has 1 heterocycles. The van der Waals surface area contributed by atoms with Crippen LogP contribution in [0, 0.1) is 11.8 Å². The minimum Gasteiger partial charge on any atom is -0.363 e. The lowest BCUT2D eigenvalue weighted by molar-refractivity contribution is 0.473. The molecule has 1 aliphatic carbocycles. The molecular weight excluding hydrogens is 518 g/mol. The molecule has 0 N–H and O–H groups in total. The van der Waals surface area contributed by atoms with Gasteiger partial charge in [0.05, 0.1) is 0 Å². The van der Waals surface area contributed by atoms with Crippen LogP contribution in [-0.2, 0) is 13.0 Å². The highest BCUT2D eigenvalue weighted by molar-refractivity contribution is 6.04. The zero-order valence-corrected chi connectivity index (χ0v) is 26.1. The van der Waals surface area contributed by atoms with Crippen molar-refractivity contribution in [1.82, 2.24) is 0 Å². The lowest BCUT2D eigenvalue weighted by Gasteiger charge is -2.27. The normalized spacial score (nSPS) is 17.9. The number of anilines is 1. The first-order chi connectivity index (χ1) is 21.0. The Labute approximate surface area is 257 Å². The number of allylic oxidation sites excluding steroid dienone is 3. The molecule has 7 rings (SSSR count). The Bertz CT molecular complexity index is 1860. The molecule has 1 atom stereocenters. The fraction of sp³-hybridized carbons (Fsp3) is 0.286. The highest BCUT2D eigenvalue weighted by Gasteiger charge is 2.23. The van der Waals surface area contributed by atoms with Gasteiger partial charge in [0.2, 0.25) is 0 Å². The van der Waals surface area contributed by atoms with Gasteiger partial charge in [-0.3, -0.25) is 0 Å². The number of nitrogens with zero attached hydrogens (tertiary/aromatic N) is 1. The van der Waals surface area contributed by atoms with E-state index in [1.165, 1.54) is 72.6 Å². The second kappa shape index (κ2) is 11.5. The molecule has 0 bridgehead atoms. The minimum atomic E-state index is 0.490. The lowest BCUT2D eigenvalue weighted by atomic mass is 9.78. The molecule has 216 valence electrons. The van der Waals surface area contributed by atoms with Crippen molar-refractivity contribution in [3.05, 3.63) is 137 Å². The highest BCUT2D eigenvalue weighted by atomic mass is 15.1. The molecule has 0 fully saturated rings. The smallest absolute Gasteiger partial charge is 0.0457 e. The summed E-state index contributed by atoms with van der Waals surface area (Å²) in [6, 6.07) is 36.7. The molecule has 1 nitrogen and oxygen atoms in total. The van der Waals surface area contributed by atoms with Gasteiger partial charge < -0.3 is 4.90 Å². The van der Waals surface area contributed by atoms with Crippen LogP contribution in [0.15, 0.2) is 109 Å². The molecule has 0 spiro atoms. The van der Waals surface area contributed by atoms with Crippen LogP contribution >= 0.6 is 0 Å². The summed E-state index contributed by atoms with van der Waals surface area (Å²) < 4.78 is 0. The van der Waals surface area contributed by atoms with Gasteiger partial charge in [-0.1, -0.05) is 131 Å². The first-order valence-corrected chi connectivity index (χ1v) is 16.2. The van der Waals surface area contributed by atoms with Crippen LogP contribution in [0.1, 0.15) is 74.3 Å². The van der Waals surface area contributed by atoms with Crippen molar-refractivity contribution in [2.24, 2.45) is 11.8 Å². The van der Waals surface area contributed by atoms with Crippen LogP contribution in [-0.4, -0.2) is 6.54 Å². The van der Waals surface area contributed by atoms with E-state index < -0.39 is 0 Å². The van der Waals surface area contributed by atoms with E-state index in [0.717, 1.165) is 25.9 Å². The van der Waals surface area contributed by atoms with E-state index in [2.05, 4.69) is 142 Å². The van der Waals surface area contributed by atoms with Crippen molar-refractivity contribution in [3.8, 4) is 0 Å². The fourth-order valence-corrected chi connectivity index (χ4v) is 7.73. The largest absolute Gasteiger partial charge is 0.363 e. The Morgan fingerprint density at radius 2 is 1.37 bits per heavy atom. The van der Waals surface area contributed by atoms with Crippen LogP contribution in [0.25, 0.3) is 32.7 Å². The molecule has 1 unspecified atom stereocenters. The average Bonchev–Trinajstić information content (AvgIpc) is 3.16. The van der Waals surface area contributed by atoms with Gasteiger partial charge in [0.25, 0.3) is 0 Å². The molecule has 0 aromatic heterocycles. The lowest BCUT2D eigenvalue weighted by Crippen LogP contribution is -2.22. The first-order valence-electron chi connectivity index (χ1n) is 16.2. The molecule has 1 aliphatic heterocycles. The van der Waals surface area contributed by atoms with Crippen LogP contribution in [0.5, 0.6) is 0 Å².